The maximum absolute atomic E-state index is 12.1. The van der Waals surface area contributed by atoms with Crippen LogP contribution in [0.5, 0.6) is 0 Å². The molecule has 0 bridgehead atoms. The maximum Gasteiger partial charge on any atom is 0.322 e. The fourth-order valence-electron chi connectivity index (χ4n) is 1.93. The number of sulfonamides is 1. The van der Waals surface area contributed by atoms with Crippen molar-refractivity contribution in [2.45, 2.75) is 18.2 Å². The molecule has 21 heavy (non-hydrogen) atoms. The third-order valence-corrected chi connectivity index (χ3v) is 4.47. The van der Waals surface area contributed by atoms with Gasteiger partial charge in [-0.2, -0.15) is 0 Å². The van der Waals surface area contributed by atoms with E-state index >= 15 is 0 Å². The second-order valence-electron chi connectivity index (χ2n) is 4.86. The first-order chi connectivity index (χ1) is 9.77. The van der Waals surface area contributed by atoms with Crippen LogP contribution < -0.4 is 10.5 Å². The van der Waals surface area contributed by atoms with Crippen molar-refractivity contribution in [3.05, 3.63) is 34.9 Å². The average molecular weight is 330 g/mol. The molecule has 0 aliphatic carbocycles. The predicted octanol–water partition coefficient (Wildman–Crippen LogP) is 2.17. The molecule has 0 aromatic heterocycles. The van der Waals surface area contributed by atoms with Gasteiger partial charge in [0.15, 0.2) is 0 Å². The highest BCUT2D eigenvalue weighted by molar-refractivity contribution is 7.89. The van der Waals surface area contributed by atoms with Crippen molar-refractivity contribution in [1.82, 2.24) is 4.90 Å². The molecule has 0 unspecified atom stereocenters. The number of hydrogen-bond donors (Lipinski definition) is 2. The lowest BCUT2D eigenvalue weighted by Crippen LogP contribution is -2.38. The number of nitrogens with two attached hydrogens (primary N) is 1. The summed E-state index contributed by atoms with van der Waals surface area (Å²) < 4.78 is 22.6. The molecule has 1 aliphatic rings. The standard InChI is InChI=1S/C13H16ClN3O3S/c1-9-4-6-17(7-5-9)13(18)16-12-8-10(21(15,19)20)2-3-11(12)14/h2-4,8H,5-7H2,1H3,(H,16,18)(H2,15,19,20). The zero-order valence-electron chi connectivity index (χ0n) is 11.5. The smallest absolute Gasteiger partial charge is 0.320 e. The molecule has 8 heteroatoms. The third-order valence-electron chi connectivity index (χ3n) is 3.23. The number of nitrogens with zero attached hydrogens (tertiary/aromatic N) is 1. The maximum atomic E-state index is 12.1. The monoisotopic (exact) mass is 329 g/mol. The van der Waals surface area contributed by atoms with Crippen molar-refractivity contribution in [2.75, 3.05) is 18.4 Å². The van der Waals surface area contributed by atoms with Gasteiger partial charge in [0.25, 0.3) is 0 Å². The molecule has 0 fully saturated rings. The Labute approximate surface area is 128 Å². The quantitative estimate of drug-likeness (QED) is 0.814. The Morgan fingerprint density at radius 1 is 1.43 bits per heavy atom. The van der Waals surface area contributed by atoms with Crippen molar-refractivity contribution < 1.29 is 13.2 Å². The summed E-state index contributed by atoms with van der Waals surface area (Å²) in [5.74, 6) is 0. The summed E-state index contributed by atoms with van der Waals surface area (Å²) in [5.41, 5.74) is 1.47. The Bertz CT molecular complexity index is 701. The number of primary sulfonamides is 1. The van der Waals surface area contributed by atoms with Crippen molar-refractivity contribution in [2.24, 2.45) is 5.14 Å². The SMILES string of the molecule is CC1=CCN(C(=O)Nc2cc(S(N)(=O)=O)ccc2Cl)CC1. The molecule has 2 amide bonds. The minimum atomic E-state index is -3.84. The van der Waals surface area contributed by atoms with E-state index in [2.05, 4.69) is 5.32 Å². The van der Waals surface area contributed by atoms with Crippen LogP contribution in [0.3, 0.4) is 0 Å². The highest BCUT2D eigenvalue weighted by Crippen LogP contribution is 2.25. The first kappa shape index (κ1) is 15.8. The Morgan fingerprint density at radius 3 is 2.71 bits per heavy atom. The van der Waals surface area contributed by atoms with Crippen LogP contribution in [0.4, 0.5) is 10.5 Å². The summed E-state index contributed by atoms with van der Waals surface area (Å²) in [6.07, 6.45) is 2.80. The molecule has 114 valence electrons. The van der Waals surface area contributed by atoms with E-state index in [0.29, 0.717) is 13.1 Å². The fourth-order valence-corrected chi connectivity index (χ4v) is 2.63. The molecule has 3 N–H and O–H groups in total. The molecule has 1 heterocycles. The second-order valence-corrected chi connectivity index (χ2v) is 6.83. The molecule has 0 saturated heterocycles. The fraction of sp³-hybridized carbons (Fsp3) is 0.308. The van der Waals surface area contributed by atoms with Gasteiger partial charge in [-0.3, -0.25) is 0 Å². The highest BCUT2D eigenvalue weighted by atomic mass is 35.5. The Morgan fingerprint density at radius 2 is 2.14 bits per heavy atom. The van der Waals surface area contributed by atoms with Gasteiger partial charge in [0.2, 0.25) is 10.0 Å². The molecule has 0 atom stereocenters. The number of amides is 2. The largest absolute Gasteiger partial charge is 0.322 e. The van der Waals surface area contributed by atoms with Crippen LogP contribution in [0.2, 0.25) is 5.02 Å². The van der Waals surface area contributed by atoms with Gasteiger partial charge in [0.1, 0.15) is 0 Å². The van der Waals surface area contributed by atoms with Gasteiger partial charge in [-0.15, -0.1) is 0 Å². The number of carbonyl (C=O) groups is 1. The van der Waals surface area contributed by atoms with Gasteiger partial charge < -0.3 is 10.2 Å². The van der Waals surface area contributed by atoms with Crippen LogP contribution >= 0.6 is 11.6 Å². The van der Waals surface area contributed by atoms with Crippen LogP contribution in [0.1, 0.15) is 13.3 Å². The van der Waals surface area contributed by atoms with Gasteiger partial charge in [0.05, 0.1) is 15.6 Å². The molecule has 1 aromatic carbocycles. The number of benzene rings is 1. The number of halogens is 1. The van der Waals surface area contributed by atoms with E-state index in [1.165, 1.54) is 23.8 Å². The van der Waals surface area contributed by atoms with Gasteiger partial charge in [0, 0.05) is 13.1 Å². The average Bonchev–Trinajstić information content (AvgIpc) is 2.40. The van der Waals surface area contributed by atoms with E-state index in [1.54, 1.807) is 4.90 Å². The Hall–Kier alpha value is -1.57. The first-order valence-electron chi connectivity index (χ1n) is 6.31. The van der Waals surface area contributed by atoms with Gasteiger partial charge in [-0.25, -0.2) is 18.4 Å². The topological polar surface area (TPSA) is 92.5 Å². The lowest BCUT2D eigenvalue weighted by Gasteiger charge is -2.25. The number of urea groups is 1. The molecule has 0 radical (unpaired) electrons. The molecule has 1 aliphatic heterocycles. The normalized spacial score (nSPS) is 15.6. The van der Waals surface area contributed by atoms with Crippen LogP contribution in [0.15, 0.2) is 34.7 Å². The van der Waals surface area contributed by atoms with Gasteiger partial charge in [-0.1, -0.05) is 23.3 Å². The minimum Gasteiger partial charge on any atom is -0.320 e. The first-order valence-corrected chi connectivity index (χ1v) is 8.24. The number of anilines is 1. The molecule has 0 spiro atoms. The van der Waals surface area contributed by atoms with Gasteiger partial charge in [-0.05, 0) is 31.5 Å². The molecule has 0 saturated carbocycles. The predicted molar refractivity (Wildman–Crippen MR) is 81.8 cm³/mol. The van der Waals surface area contributed by atoms with E-state index in [9.17, 15) is 13.2 Å². The van der Waals surface area contributed by atoms with E-state index in [0.717, 1.165) is 6.42 Å². The molecule has 6 nitrogen and oxygen atoms in total. The van der Waals surface area contributed by atoms with Crippen LogP contribution in [-0.4, -0.2) is 32.4 Å². The third kappa shape index (κ3) is 3.96. The zero-order chi connectivity index (χ0) is 15.6. The Balaban J connectivity index is 2.18. The number of nitrogens with one attached hydrogen (secondary N) is 1. The van der Waals surface area contributed by atoms with Crippen molar-refractivity contribution in [1.29, 1.82) is 0 Å². The molecular weight excluding hydrogens is 314 g/mol. The summed E-state index contributed by atoms with van der Waals surface area (Å²) in [5, 5.41) is 7.93. The zero-order valence-corrected chi connectivity index (χ0v) is 13.0. The lowest BCUT2D eigenvalue weighted by atomic mass is 10.1. The van der Waals surface area contributed by atoms with E-state index in [4.69, 9.17) is 16.7 Å². The molecule has 1 aromatic rings. The van der Waals surface area contributed by atoms with Crippen LogP contribution in [-0.2, 0) is 10.0 Å². The second kappa shape index (κ2) is 6.05. The van der Waals surface area contributed by atoms with E-state index in [1.807, 2.05) is 13.0 Å². The number of carbonyl (C=O) groups excluding carboxylic acids is 1. The van der Waals surface area contributed by atoms with Crippen molar-refractivity contribution >= 4 is 33.3 Å². The van der Waals surface area contributed by atoms with E-state index < -0.39 is 10.0 Å². The van der Waals surface area contributed by atoms with Crippen molar-refractivity contribution in [3.63, 3.8) is 0 Å². The number of rotatable bonds is 2. The Kier molecular flexibility index (Phi) is 4.55. The van der Waals surface area contributed by atoms with Crippen LogP contribution in [0, 0.1) is 0 Å². The van der Waals surface area contributed by atoms with Crippen molar-refractivity contribution in [3.8, 4) is 0 Å². The molecular formula is C13H16ClN3O3S. The summed E-state index contributed by atoms with van der Waals surface area (Å²) >= 11 is 5.97. The number of hydrogen-bond acceptors (Lipinski definition) is 3. The summed E-state index contributed by atoms with van der Waals surface area (Å²) in [7, 11) is -3.84. The highest BCUT2D eigenvalue weighted by Gasteiger charge is 2.18. The van der Waals surface area contributed by atoms with Crippen LogP contribution in [0.25, 0.3) is 0 Å². The van der Waals surface area contributed by atoms with Gasteiger partial charge >= 0.3 is 6.03 Å². The lowest BCUT2D eigenvalue weighted by molar-refractivity contribution is 0.215. The minimum absolute atomic E-state index is 0.100. The summed E-state index contributed by atoms with van der Waals surface area (Å²) in [4.78, 5) is 13.7. The van der Waals surface area contributed by atoms with E-state index in [-0.39, 0.29) is 21.6 Å². The molecule has 2 rings (SSSR count). The summed E-state index contributed by atoms with van der Waals surface area (Å²) in [6, 6.07) is 3.60. The summed E-state index contributed by atoms with van der Waals surface area (Å²) in [6.45, 7) is 3.15.